The van der Waals surface area contributed by atoms with Crippen LogP contribution in [0.3, 0.4) is 0 Å². The van der Waals surface area contributed by atoms with Crippen molar-refractivity contribution in [2.45, 2.75) is 19.4 Å². The highest BCUT2D eigenvalue weighted by Crippen LogP contribution is 2.11. The van der Waals surface area contributed by atoms with Crippen molar-refractivity contribution in [2.24, 2.45) is 0 Å². The summed E-state index contributed by atoms with van der Waals surface area (Å²) in [6.07, 6.45) is 2.55. The molecule has 1 aliphatic rings. The van der Waals surface area contributed by atoms with E-state index in [-0.39, 0.29) is 11.8 Å². The number of anilines is 1. The molecule has 1 aliphatic heterocycles. The van der Waals surface area contributed by atoms with E-state index < -0.39 is 5.69 Å². The van der Waals surface area contributed by atoms with Crippen LogP contribution in [0.1, 0.15) is 12.5 Å². The van der Waals surface area contributed by atoms with Gasteiger partial charge in [-0.2, -0.15) is 4.98 Å². The molecule has 2 amide bonds. The molecule has 1 aromatic carbocycles. The van der Waals surface area contributed by atoms with Crippen LogP contribution in [0.5, 0.6) is 0 Å². The van der Waals surface area contributed by atoms with Crippen LogP contribution < -0.4 is 21.6 Å². The number of rotatable bonds is 5. The lowest BCUT2D eigenvalue weighted by Gasteiger charge is -2.27. The van der Waals surface area contributed by atoms with Crippen molar-refractivity contribution in [3.05, 3.63) is 52.6 Å². The van der Waals surface area contributed by atoms with Gasteiger partial charge in [-0.25, -0.2) is 9.59 Å². The highest BCUT2D eigenvalue weighted by Gasteiger charge is 2.16. The molecule has 0 aliphatic carbocycles. The van der Waals surface area contributed by atoms with Crippen molar-refractivity contribution in [1.82, 2.24) is 25.1 Å². The zero-order chi connectivity index (χ0) is 19.2. The normalized spacial score (nSPS) is 15.4. The number of nitrogens with zero attached hydrogens (tertiary/aromatic N) is 3. The first-order valence-electron chi connectivity index (χ1n) is 9.20. The van der Waals surface area contributed by atoms with Crippen LogP contribution in [0.15, 0.2) is 41.3 Å². The Labute approximate surface area is 158 Å². The van der Waals surface area contributed by atoms with Crippen LogP contribution in [0.4, 0.5) is 10.6 Å². The number of carbonyl (C=O) groups excluding carboxylic acids is 1. The van der Waals surface area contributed by atoms with Gasteiger partial charge in [0.1, 0.15) is 5.82 Å². The van der Waals surface area contributed by atoms with E-state index in [1.165, 1.54) is 10.1 Å². The highest BCUT2D eigenvalue weighted by molar-refractivity contribution is 5.88. The molecule has 1 fully saturated rings. The Balaban J connectivity index is 1.69. The maximum Gasteiger partial charge on any atom is 0.354 e. The number of urea groups is 1. The molecule has 1 saturated heterocycles. The maximum atomic E-state index is 12.4. The first-order valence-corrected chi connectivity index (χ1v) is 9.20. The number of piperazine rings is 1. The molecule has 1 aromatic heterocycles. The molecule has 0 radical (unpaired) electrons. The Bertz CT molecular complexity index is 827. The number of likely N-dealkylation sites (N-methyl/N-ethyl adjacent to an activating group) is 1. The summed E-state index contributed by atoms with van der Waals surface area (Å²) in [5, 5.41) is 9.10. The largest absolute Gasteiger partial charge is 0.354 e. The third-order valence-corrected chi connectivity index (χ3v) is 4.69. The lowest BCUT2D eigenvalue weighted by molar-refractivity contribution is 0.204. The molecular weight excluding hydrogens is 344 g/mol. The number of nitrogens with one attached hydrogen (secondary N) is 3. The van der Waals surface area contributed by atoms with Crippen LogP contribution >= 0.6 is 0 Å². The van der Waals surface area contributed by atoms with Crippen molar-refractivity contribution < 1.29 is 4.79 Å². The number of benzene rings is 1. The maximum absolute atomic E-state index is 12.4. The zero-order valence-electron chi connectivity index (χ0n) is 15.7. The fourth-order valence-corrected chi connectivity index (χ4v) is 2.97. The second-order valence-electron chi connectivity index (χ2n) is 6.69. The molecule has 144 valence electrons. The summed E-state index contributed by atoms with van der Waals surface area (Å²) in [5.41, 5.74) is 1.51. The third-order valence-electron chi connectivity index (χ3n) is 4.69. The molecule has 1 atom stereocenters. The number of hydrogen-bond acceptors (Lipinski definition) is 5. The Morgan fingerprint density at radius 3 is 2.56 bits per heavy atom. The molecule has 0 saturated carbocycles. The molecule has 27 heavy (non-hydrogen) atoms. The lowest BCUT2D eigenvalue weighted by atomic mass is 10.1. The van der Waals surface area contributed by atoms with Gasteiger partial charge in [-0.1, -0.05) is 12.1 Å². The molecular formula is C19H26N6O2. The predicted molar refractivity (Wildman–Crippen MR) is 106 cm³/mol. The van der Waals surface area contributed by atoms with Crippen LogP contribution in [-0.4, -0.2) is 59.8 Å². The average Bonchev–Trinajstić information content (AvgIpc) is 2.69. The fourth-order valence-electron chi connectivity index (χ4n) is 2.97. The topological polar surface area (TPSA) is 91.3 Å². The first-order chi connectivity index (χ1) is 13.1. The molecule has 0 spiro atoms. The SMILES string of the molecule is CNC(C)Cc1ccc(-n2ccc(NC(=O)N3CCNCC3)nc2=O)cc1. The second-order valence-corrected chi connectivity index (χ2v) is 6.69. The molecule has 0 bridgehead atoms. The van der Waals surface area contributed by atoms with Gasteiger partial charge in [0.25, 0.3) is 0 Å². The lowest BCUT2D eigenvalue weighted by Crippen LogP contribution is -2.48. The molecule has 2 heterocycles. The quantitative estimate of drug-likeness (QED) is 0.725. The first kappa shape index (κ1) is 19.1. The van der Waals surface area contributed by atoms with Crippen LogP contribution in [0.25, 0.3) is 5.69 Å². The molecule has 3 rings (SSSR count). The minimum absolute atomic E-state index is 0.232. The van der Waals surface area contributed by atoms with Crippen LogP contribution in [0, 0.1) is 0 Å². The van der Waals surface area contributed by atoms with E-state index in [9.17, 15) is 9.59 Å². The Kier molecular flexibility index (Phi) is 6.20. The molecule has 8 nitrogen and oxygen atoms in total. The van der Waals surface area contributed by atoms with E-state index in [2.05, 4.69) is 27.9 Å². The summed E-state index contributed by atoms with van der Waals surface area (Å²) in [5.74, 6) is 0.263. The van der Waals surface area contributed by atoms with Crippen LogP contribution in [-0.2, 0) is 6.42 Å². The van der Waals surface area contributed by atoms with Gasteiger partial charge in [0.05, 0.1) is 5.69 Å². The Morgan fingerprint density at radius 1 is 1.22 bits per heavy atom. The van der Waals surface area contributed by atoms with E-state index >= 15 is 0 Å². The smallest absolute Gasteiger partial charge is 0.322 e. The molecule has 1 unspecified atom stereocenters. The van der Waals surface area contributed by atoms with E-state index in [0.29, 0.717) is 19.1 Å². The van der Waals surface area contributed by atoms with E-state index in [1.807, 2.05) is 31.3 Å². The van der Waals surface area contributed by atoms with Crippen molar-refractivity contribution in [1.29, 1.82) is 0 Å². The average molecular weight is 370 g/mol. The summed E-state index contributed by atoms with van der Waals surface area (Å²) in [6.45, 7) is 4.94. The molecule has 8 heteroatoms. The molecule has 2 aromatic rings. The third kappa shape index (κ3) is 4.93. The van der Waals surface area contributed by atoms with Gasteiger partial charge in [-0.3, -0.25) is 9.88 Å². The standard InChI is InChI=1S/C19H26N6O2/c1-14(20-2)13-15-3-5-16(6-4-15)25-10-7-17(23-19(25)27)22-18(26)24-11-8-21-9-12-24/h3-7,10,14,20-21H,8-9,11-13H2,1-2H3,(H,22,23,26,27). The van der Waals surface area contributed by atoms with E-state index in [4.69, 9.17) is 0 Å². The van der Waals surface area contributed by atoms with Gasteiger partial charge in [0, 0.05) is 38.4 Å². The number of hydrogen-bond donors (Lipinski definition) is 3. The summed E-state index contributed by atoms with van der Waals surface area (Å²) >= 11 is 0. The van der Waals surface area contributed by atoms with Gasteiger partial charge in [0.15, 0.2) is 0 Å². The number of amides is 2. The summed E-state index contributed by atoms with van der Waals surface area (Å²) in [6, 6.07) is 9.62. The second kappa shape index (κ2) is 8.79. The number of aromatic nitrogens is 2. The van der Waals surface area contributed by atoms with Crippen molar-refractivity contribution >= 4 is 11.8 Å². The minimum Gasteiger partial charge on any atom is -0.322 e. The van der Waals surface area contributed by atoms with Gasteiger partial charge < -0.3 is 15.5 Å². The highest BCUT2D eigenvalue weighted by atomic mass is 16.2. The Hall–Kier alpha value is -2.71. The predicted octanol–water partition coefficient (Wildman–Crippen LogP) is 0.820. The van der Waals surface area contributed by atoms with Gasteiger partial charge in [-0.05, 0) is 44.2 Å². The monoisotopic (exact) mass is 370 g/mol. The van der Waals surface area contributed by atoms with E-state index in [0.717, 1.165) is 25.2 Å². The van der Waals surface area contributed by atoms with Gasteiger partial charge in [-0.15, -0.1) is 0 Å². The summed E-state index contributed by atoms with van der Waals surface area (Å²) in [7, 11) is 1.94. The van der Waals surface area contributed by atoms with Crippen LogP contribution in [0.2, 0.25) is 0 Å². The zero-order valence-corrected chi connectivity index (χ0v) is 15.7. The molecule has 3 N–H and O–H groups in total. The van der Waals surface area contributed by atoms with E-state index in [1.54, 1.807) is 17.2 Å². The van der Waals surface area contributed by atoms with Gasteiger partial charge >= 0.3 is 11.7 Å². The Morgan fingerprint density at radius 2 is 1.93 bits per heavy atom. The summed E-state index contributed by atoms with van der Waals surface area (Å²) < 4.78 is 1.46. The van der Waals surface area contributed by atoms with Crippen molar-refractivity contribution in [3.63, 3.8) is 0 Å². The minimum atomic E-state index is -0.426. The van der Waals surface area contributed by atoms with Crippen molar-refractivity contribution in [2.75, 3.05) is 38.5 Å². The summed E-state index contributed by atoms with van der Waals surface area (Å²) in [4.78, 5) is 30.3. The van der Waals surface area contributed by atoms with Crippen molar-refractivity contribution in [3.8, 4) is 5.69 Å². The fraction of sp³-hybridized carbons (Fsp3) is 0.421. The number of carbonyl (C=O) groups is 1. The van der Waals surface area contributed by atoms with Gasteiger partial charge in [0.2, 0.25) is 0 Å².